The summed E-state index contributed by atoms with van der Waals surface area (Å²) in [6, 6.07) is 11.9. The summed E-state index contributed by atoms with van der Waals surface area (Å²) in [7, 11) is 1.60. The van der Waals surface area contributed by atoms with Crippen molar-refractivity contribution in [1.82, 2.24) is 10.3 Å². The molecule has 0 amide bonds. The van der Waals surface area contributed by atoms with Crippen LogP contribution in [0.2, 0.25) is 5.02 Å². The van der Waals surface area contributed by atoms with Gasteiger partial charge < -0.3 is 15.4 Å². The van der Waals surface area contributed by atoms with E-state index < -0.39 is 0 Å². The van der Waals surface area contributed by atoms with Gasteiger partial charge in [-0.25, -0.2) is 4.98 Å². The van der Waals surface area contributed by atoms with Gasteiger partial charge in [-0.05, 0) is 48.8 Å². The molecular weight excluding hydrogens is 366 g/mol. The Morgan fingerprint density at radius 3 is 2.69 bits per heavy atom. The molecular formula is C20H24ClN3OS. The van der Waals surface area contributed by atoms with Crippen molar-refractivity contribution < 1.29 is 4.74 Å². The smallest absolute Gasteiger partial charge is 0.213 e. The lowest BCUT2D eigenvalue weighted by Crippen LogP contribution is -2.43. The van der Waals surface area contributed by atoms with Crippen molar-refractivity contribution in [3.05, 3.63) is 53.2 Å². The molecule has 0 atom stereocenters. The predicted molar refractivity (Wildman–Crippen MR) is 111 cm³/mol. The second-order valence-electron chi connectivity index (χ2n) is 6.75. The van der Waals surface area contributed by atoms with Gasteiger partial charge in [0, 0.05) is 23.0 Å². The van der Waals surface area contributed by atoms with Crippen LogP contribution in [0, 0.1) is 0 Å². The molecule has 0 radical (unpaired) electrons. The highest BCUT2D eigenvalue weighted by atomic mass is 35.5. The van der Waals surface area contributed by atoms with Crippen molar-refractivity contribution in [2.75, 3.05) is 19.0 Å². The molecule has 0 bridgehead atoms. The average Bonchev–Trinajstić information content (AvgIpc) is 2.68. The fourth-order valence-corrected chi connectivity index (χ4v) is 3.99. The minimum absolute atomic E-state index is 0.0764. The Bertz CT molecular complexity index is 745. The third kappa shape index (κ3) is 4.65. The first-order valence-corrected chi connectivity index (χ1v) is 9.71. The van der Waals surface area contributed by atoms with Crippen LogP contribution in [0.15, 0.2) is 42.6 Å². The summed E-state index contributed by atoms with van der Waals surface area (Å²) in [5, 5.41) is 7.99. The van der Waals surface area contributed by atoms with Crippen LogP contribution in [0.4, 0.5) is 5.69 Å². The zero-order valence-corrected chi connectivity index (χ0v) is 16.5. The Balaban J connectivity index is 1.66. The number of ether oxygens (including phenoxy) is 1. The monoisotopic (exact) mass is 389 g/mol. The molecule has 1 aliphatic rings. The molecule has 26 heavy (non-hydrogen) atoms. The van der Waals surface area contributed by atoms with Crippen molar-refractivity contribution in [3.63, 3.8) is 0 Å². The number of methoxy groups -OCH3 is 1. The van der Waals surface area contributed by atoms with Crippen molar-refractivity contribution in [2.45, 2.75) is 37.5 Å². The van der Waals surface area contributed by atoms with Gasteiger partial charge in [0.25, 0.3) is 0 Å². The first-order valence-electron chi connectivity index (χ1n) is 8.92. The molecule has 0 aliphatic heterocycles. The van der Waals surface area contributed by atoms with Gasteiger partial charge in [-0.15, -0.1) is 0 Å². The minimum Gasteiger partial charge on any atom is -0.481 e. The molecule has 1 aromatic carbocycles. The maximum absolute atomic E-state index is 6.25. The highest BCUT2D eigenvalue weighted by Crippen LogP contribution is 2.39. The largest absolute Gasteiger partial charge is 0.481 e. The molecule has 1 aliphatic carbocycles. The minimum atomic E-state index is 0.0764. The number of halogens is 1. The highest BCUT2D eigenvalue weighted by Gasteiger charge is 2.34. The lowest BCUT2D eigenvalue weighted by Gasteiger charge is -2.38. The summed E-state index contributed by atoms with van der Waals surface area (Å²) in [6.45, 7) is 0.794. The summed E-state index contributed by atoms with van der Waals surface area (Å²) in [5.41, 5.74) is 2.21. The van der Waals surface area contributed by atoms with Crippen LogP contribution in [0.5, 0.6) is 5.88 Å². The van der Waals surface area contributed by atoms with Crippen LogP contribution < -0.4 is 15.4 Å². The van der Waals surface area contributed by atoms with Crippen LogP contribution in [0.25, 0.3) is 0 Å². The third-order valence-corrected chi connectivity index (χ3v) is 5.52. The van der Waals surface area contributed by atoms with E-state index in [0.717, 1.165) is 30.1 Å². The number of nitrogens with zero attached hydrogens (tertiary/aromatic N) is 1. The zero-order chi connectivity index (χ0) is 18.4. The van der Waals surface area contributed by atoms with Crippen LogP contribution in [0.1, 0.15) is 37.7 Å². The highest BCUT2D eigenvalue weighted by molar-refractivity contribution is 7.80. The standard InChI is InChI=1S/C20H24ClN3OS/c1-25-18-9-8-17(13-22-18)24-19(26)23-14-20(10-3-2-4-11-20)15-6-5-7-16(21)12-15/h5-9,12-13H,2-4,10-11,14H2,1H3,(H2,23,24,26). The van der Waals surface area contributed by atoms with Crippen molar-refractivity contribution >= 4 is 34.6 Å². The third-order valence-electron chi connectivity index (χ3n) is 5.04. The number of benzene rings is 1. The van der Waals surface area contributed by atoms with Crippen LogP contribution in [-0.4, -0.2) is 23.8 Å². The second kappa shape index (κ2) is 8.69. The molecule has 1 fully saturated rings. The van der Waals surface area contributed by atoms with Gasteiger partial charge in [-0.2, -0.15) is 0 Å². The molecule has 3 rings (SSSR count). The van der Waals surface area contributed by atoms with Crippen LogP contribution >= 0.6 is 23.8 Å². The summed E-state index contributed by atoms with van der Waals surface area (Å²) in [5.74, 6) is 0.580. The molecule has 1 heterocycles. The molecule has 138 valence electrons. The van der Waals surface area contributed by atoms with Gasteiger partial charge in [0.2, 0.25) is 5.88 Å². The lowest BCUT2D eigenvalue weighted by molar-refractivity contribution is 0.292. The van der Waals surface area contributed by atoms with E-state index in [4.69, 9.17) is 28.6 Å². The van der Waals surface area contributed by atoms with Crippen molar-refractivity contribution in [1.29, 1.82) is 0 Å². The Morgan fingerprint density at radius 1 is 1.23 bits per heavy atom. The number of thiocarbonyl (C=S) groups is 1. The molecule has 0 spiro atoms. The summed E-state index contributed by atoms with van der Waals surface area (Å²) < 4.78 is 5.07. The maximum Gasteiger partial charge on any atom is 0.213 e. The van der Waals surface area contributed by atoms with Gasteiger partial charge in [-0.3, -0.25) is 0 Å². The van der Waals surface area contributed by atoms with E-state index in [1.165, 1.54) is 24.8 Å². The Labute approximate surface area is 165 Å². The number of anilines is 1. The zero-order valence-electron chi connectivity index (χ0n) is 14.9. The van der Waals surface area contributed by atoms with Crippen LogP contribution in [0.3, 0.4) is 0 Å². The number of pyridine rings is 1. The molecule has 2 aromatic rings. The lowest BCUT2D eigenvalue weighted by atomic mass is 9.69. The summed E-state index contributed by atoms with van der Waals surface area (Å²) in [6.07, 6.45) is 7.76. The fourth-order valence-electron chi connectivity index (χ4n) is 3.61. The molecule has 4 nitrogen and oxygen atoms in total. The van der Waals surface area contributed by atoms with Gasteiger partial charge in [0.15, 0.2) is 5.11 Å². The van der Waals surface area contributed by atoms with E-state index in [0.29, 0.717) is 11.0 Å². The van der Waals surface area contributed by atoms with Crippen molar-refractivity contribution in [2.24, 2.45) is 0 Å². The quantitative estimate of drug-likeness (QED) is 0.710. The normalized spacial score (nSPS) is 15.9. The number of aromatic nitrogens is 1. The van der Waals surface area contributed by atoms with E-state index in [1.807, 2.05) is 18.2 Å². The van der Waals surface area contributed by atoms with Gasteiger partial charge in [0.1, 0.15) is 0 Å². The number of hydrogen-bond acceptors (Lipinski definition) is 3. The van der Waals surface area contributed by atoms with Crippen LogP contribution in [-0.2, 0) is 5.41 Å². The molecule has 6 heteroatoms. The van der Waals surface area contributed by atoms with E-state index in [-0.39, 0.29) is 5.41 Å². The topological polar surface area (TPSA) is 46.2 Å². The Kier molecular flexibility index (Phi) is 6.33. The second-order valence-corrected chi connectivity index (χ2v) is 7.59. The summed E-state index contributed by atoms with van der Waals surface area (Å²) in [4.78, 5) is 4.18. The molecule has 2 N–H and O–H groups in total. The molecule has 0 saturated heterocycles. The van der Waals surface area contributed by atoms with E-state index >= 15 is 0 Å². The first-order chi connectivity index (χ1) is 12.6. The average molecular weight is 390 g/mol. The number of hydrogen-bond donors (Lipinski definition) is 2. The number of rotatable bonds is 5. The predicted octanol–water partition coefficient (Wildman–Crippen LogP) is 4.93. The van der Waals surface area contributed by atoms with E-state index in [1.54, 1.807) is 19.4 Å². The molecule has 1 aromatic heterocycles. The SMILES string of the molecule is COc1ccc(NC(=S)NCC2(c3cccc(Cl)c3)CCCCC2)cn1. The molecule has 0 unspecified atom stereocenters. The van der Waals surface area contributed by atoms with E-state index in [2.05, 4.69) is 27.8 Å². The summed E-state index contributed by atoms with van der Waals surface area (Å²) >= 11 is 11.7. The Hall–Kier alpha value is -1.85. The fraction of sp³-hybridized carbons (Fsp3) is 0.400. The Morgan fingerprint density at radius 2 is 2.04 bits per heavy atom. The maximum atomic E-state index is 6.25. The van der Waals surface area contributed by atoms with Gasteiger partial charge >= 0.3 is 0 Å². The van der Waals surface area contributed by atoms with Gasteiger partial charge in [-0.1, -0.05) is 43.0 Å². The van der Waals surface area contributed by atoms with E-state index in [9.17, 15) is 0 Å². The van der Waals surface area contributed by atoms with Crippen molar-refractivity contribution in [3.8, 4) is 5.88 Å². The number of nitrogens with one attached hydrogen (secondary N) is 2. The van der Waals surface area contributed by atoms with Gasteiger partial charge in [0.05, 0.1) is 19.0 Å². The molecule has 1 saturated carbocycles. The first kappa shape index (κ1) is 18.9.